The maximum absolute atomic E-state index is 11.6. The number of carbonyl (C=O) groups excluding carboxylic acids is 1. The van der Waals surface area contributed by atoms with Crippen LogP contribution in [-0.4, -0.2) is 23.5 Å². The average molecular weight is 425 g/mol. The zero-order valence-corrected chi connectivity index (χ0v) is 15.4. The minimum absolute atomic E-state index is 0.285. The summed E-state index contributed by atoms with van der Waals surface area (Å²) in [5, 5.41) is 11.4. The van der Waals surface area contributed by atoms with Gasteiger partial charge in [-0.1, -0.05) is 45.7 Å². The number of nitrogens with one attached hydrogen (secondary N) is 1. The molecule has 1 amide bonds. The second-order valence-electron chi connectivity index (χ2n) is 5.01. The molecule has 0 aliphatic carbocycles. The smallest absolute Gasteiger partial charge is 0.322 e. The van der Waals surface area contributed by atoms with E-state index in [4.69, 9.17) is 21.4 Å². The fourth-order valence-electron chi connectivity index (χ4n) is 1.94. The number of hydrogen-bond acceptors (Lipinski definition) is 3. The second kappa shape index (κ2) is 9.25. The van der Waals surface area contributed by atoms with E-state index in [2.05, 4.69) is 21.2 Å². The van der Waals surface area contributed by atoms with Gasteiger partial charge >= 0.3 is 5.97 Å². The highest BCUT2D eigenvalue weighted by atomic mass is 79.9. The molecule has 0 fully saturated rings. The lowest BCUT2D eigenvalue weighted by Gasteiger charge is -2.11. The van der Waals surface area contributed by atoms with Crippen LogP contribution in [0.25, 0.3) is 6.08 Å². The van der Waals surface area contributed by atoms with E-state index in [9.17, 15) is 9.59 Å². The van der Waals surface area contributed by atoms with Crippen LogP contribution >= 0.6 is 27.5 Å². The third-order valence-electron chi connectivity index (χ3n) is 3.14. The molecule has 2 N–H and O–H groups in total. The lowest BCUT2D eigenvalue weighted by Crippen LogP contribution is -2.27. The Morgan fingerprint density at radius 1 is 1.24 bits per heavy atom. The van der Waals surface area contributed by atoms with Gasteiger partial charge in [0.05, 0.1) is 0 Å². The molecule has 25 heavy (non-hydrogen) atoms. The Kier molecular flexibility index (Phi) is 7.03. The highest BCUT2D eigenvalue weighted by molar-refractivity contribution is 9.10. The number of ether oxygens (including phenoxy) is 1. The summed E-state index contributed by atoms with van der Waals surface area (Å²) in [5.41, 5.74) is 1.52. The number of aliphatic carboxylic acids is 1. The summed E-state index contributed by atoms with van der Waals surface area (Å²) < 4.78 is 6.63. The van der Waals surface area contributed by atoms with Crippen molar-refractivity contribution in [2.45, 2.75) is 6.61 Å². The van der Waals surface area contributed by atoms with E-state index in [-0.39, 0.29) is 6.61 Å². The van der Waals surface area contributed by atoms with Crippen LogP contribution in [0.2, 0.25) is 5.02 Å². The van der Waals surface area contributed by atoms with E-state index >= 15 is 0 Å². The topological polar surface area (TPSA) is 75.6 Å². The number of rotatable bonds is 7. The maximum atomic E-state index is 11.6. The van der Waals surface area contributed by atoms with Gasteiger partial charge in [-0.15, -0.1) is 0 Å². The third kappa shape index (κ3) is 6.25. The molecule has 0 aliphatic rings. The second-order valence-corrected chi connectivity index (χ2v) is 6.33. The zero-order valence-electron chi connectivity index (χ0n) is 13.0. The van der Waals surface area contributed by atoms with Crippen LogP contribution in [0.5, 0.6) is 5.75 Å². The molecule has 2 aromatic rings. The predicted octanol–water partition coefficient (Wildman–Crippen LogP) is 3.90. The molecular formula is C18H15BrClNO4. The molecule has 0 saturated carbocycles. The minimum atomic E-state index is -1.10. The number of carboxylic acid groups (broad SMARTS) is 1. The van der Waals surface area contributed by atoms with Crippen LogP contribution in [0.15, 0.2) is 53.0 Å². The van der Waals surface area contributed by atoms with Gasteiger partial charge in [-0.05, 0) is 30.3 Å². The van der Waals surface area contributed by atoms with Crippen molar-refractivity contribution < 1.29 is 19.4 Å². The monoisotopic (exact) mass is 423 g/mol. The molecule has 0 spiro atoms. The van der Waals surface area contributed by atoms with Crippen molar-refractivity contribution in [1.29, 1.82) is 0 Å². The van der Waals surface area contributed by atoms with Crippen LogP contribution in [0.4, 0.5) is 0 Å². The van der Waals surface area contributed by atoms with Crippen molar-refractivity contribution in [2.75, 3.05) is 6.54 Å². The van der Waals surface area contributed by atoms with Gasteiger partial charge in [0.1, 0.15) is 18.9 Å². The number of halogens is 2. The molecule has 0 unspecified atom stereocenters. The van der Waals surface area contributed by atoms with E-state index in [1.807, 2.05) is 24.3 Å². The maximum Gasteiger partial charge on any atom is 0.322 e. The summed E-state index contributed by atoms with van der Waals surface area (Å²) in [5.74, 6) is -1.03. The lowest BCUT2D eigenvalue weighted by molar-refractivity contribution is -0.137. The molecule has 5 nitrogen and oxygen atoms in total. The quantitative estimate of drug-likeness (QED) is 0.661. The normalized spacial score (nSPS) is 10.6. The minimum Gasteiger partial charge on any atom is -0.488 e. The molecule has 0 atom stereocenters. The van der Waals surface area contributed by atoms with Gasteiger partial charge in [-0.3, -0.25) is 9.59 Å². The summed E-state index contributed by atoms with van der Waals surface area (Å²) in [6, 6.07) is 12.8. The van der Waals surface area contributed by atoms with Gasteiger partial charge in [0.25, 0.3) is 0 Å². The van der Waals surface area contributed by atoms with Crippen molar-refractivity contribution in [3.63, 3.8) is 0 Å². The predicted molar refractivity (Wildman–Crippen MR) is 99.6 cm³/mol. The zero-order chi connectivity index (χ0) is 18.2. The Hall–Kier alpha value is -2.31. The Morgan fingerprint density at radius 2 is 2.00 bits per heavy atom. The van der Waals surface area contributed by atoms with Crippen LogP contribution in [0.1, 0.15) is 11.1 Å². The van der Waals surface area contributed by atoms with E-state index in [0.717, 1.165) is 10.0 Å². The summed E-state index contributed by atoms with van der Waals surface area (Å²) in [6.07, 6.45) is 2.82. The van der Waals surface area contributed by atoms with E-state index < -0.39 is 18.4 Å². The third-order valence-corrected chi connectivity index (χ3v) is 4.00. The number of benzene rings is 2. The van der Waals surface area contributed by atoms with Crippen molar-refractivity contribution >= 4 is 45.5 Å². The SMILES string of the molecule is O=C(O)CNC(=O)/C=C/c1cc(Br)ccc1OCc1ccccc1Cl. The number of carboxylic acids is 1. The molecular weight excluding hydrogens is 410 g/mol. The Balaban J connectivity index is 2.10. The highest BCUT2D eigenvalue weighted by Crippen LogP contribution is 2.26. The van der Waals surface area contributed by atoms with Crippen molar-refractivity contribution in [3.8, 4) is 5.75 Å². The van der Waals surface area contributed by atoms with Crippen LogP contribution < -0.4 is 10.1 Å². The van der Waals surface area contributed by atoms with Crippen LogP contribution in [0, 0.1) is 0 Å². The van der Waals surface area contributed by atoms with Crippen LogP contribution in [-0.2, 0) is 16.2 Å². The summed E-state index contributed by atoms with van der Waals surface area (Å²) in [7, 11) is 0. The Morgan fingerprint density at radius 3 is 2.72 bits per heavy atom. The molecule has 0 heterocycles. The fraction of sp³-hybridized carbons (Fsp3) is 0.111. The molecule has 2 rings (SSSR count). The molecule has 2 aromatic carbocycles. The van der Waals surface area contributed by atoms with E-state index in [1.54, 1.807) is 24.3 Å². The van der Waals surface area contributed by atoms with Gasteiger partial charge < -0.3 is 15.2 Å². The van der Waals surface area contributed by atoms with Gasteiger partial charge in [0.2, 0.25) is 5.91 Å². The molecule has 0 aromatic heterocycles. The first-order valence-electron chi connectivity index (χ1n) is 7.29. The van der Waals surface area contributed by atoms with Gasteiger partial charge in [0, 0.05) is 26.7 Å². The average Bonchev–Trinajstić information content (AvgIpc) is 2.58. The molecule has 7 heteroatoms. The molecule has 130 valence electrons. The highest BCUT2D eigenvalue weighted by Gasteiger charge is 2.06. The van der Waals surface area contributed by atoms with Gasteiger partial charge in [-0.25, -0.2) is 0 Å². The standard InChI is InChI=1S/C18H15BrClNO4/c19-14-6-7-16(25-11-13-3-1-2-4-15(13)20)12(9-14)5-8-17(22)21-10-18(23)24/h1-9H,10-11H2,(H,21,22)(H,23,24)/b8-5+. The summed E-state index contributed by atoms with van der Waals surface area (Å²) >= 11 is 9.49. The molecule has 0 bridgehead atoms. The van der Waals surface area contributed by atoms with Crippen LogP contribution in [0.3, 0.4) is 0 Å². The first-order chi connectivity index (χ1) is 12.0. The van der Waals surface area contributed by atoms with Gasteiger partial charge in [-0.2, -0.15) is 0 Å². The molecule has 0 radical (unpaired) electrons. The first-order valence-corrected chi connectivity index (χ1v) is 8.46. The number of carbonyl (C=O) groups is 2. The van der Waals surface area contributed by atoms with Crippen molar-refractivity contribution in [3.05, 3.63) is 69.2 Å². The molecule has 0 saturated heterocycles. The largest absolute Gasteiger partial charge is 0.488 e. The molecule has 0 aliphatic heterocycles. The Bertz CT molecular complexity index is 807. The van der Waals surface area contributed by atoms with Gasteiger partial charge in [0.15, 0.2) is 0 Å². The van der Waals surface area contributed by atoms with E-state index in [1.165, 1.54) is 6.08 Å². The summed E-state index contributed by atoms with van der Waals surface area (Å²) in [4.78, 5) is 22.1. The van der Waals surface area contributed by atoms with Crippen molar-refractivity contribution in [2.24, 2.45) is 0 Å². The summed E-state index contributed by atoms with van der Waals surface area (Å²) in [6.45, 7) is -0.148. The van der Waals surface area contributed by atoms with E-state index in [0.29, 0.717) is 16.3 Å². The fourth-order valence-corrected chi connectivity index (χ4v) is 2.51. The van der Waals surface area contributed by atoms with Crippen molar-refractivity contribution in [1.82, 2.24) is 5.32 Å². The Labute approximate surface area is 158 Å². The number of hydrogen-bond donors (Lipinski definition) is 2. The lowest BCUT2D eigenvalue weighted by atomic mass is 10.2. The first kappa shape index (κ1) is 19.0. The number of amides is 1.